The van der Waals surface area contributed by atoms with Gasteiger partial charge in [-0.15, -0.1) is 0 Å². The molecule has 3 rings (SSSR count). The zero-order valence-electron chi connectivity index (χ0n) is 11.8. The molecule has 21 heavy (non-hydrogen) atoms. The van der Waals surface area contributed by atoms with E-state index < -0.39 is 0 Å². The van der Waals surface area contributed by atoms with E-state index in [1.54, 1.807) is 0 Å². The van der Waals surface area contributed by atoms with Crippen molar-refractivity contribution in [1.82, 2.24) is 4.90 Å². The second-order valence-electron chi connectivity index (χ2n) is 5.13. The quantitative estimate of drug-likeness (QED) is 0.879. The van der Waals surface area contributed by atoms with Crippen LogP contribution in [0, 0.1) is 0 Å². The highest BCUT2D eigenvalue weighted by atomic mass is 16.5. The largest absolute Gasteiger partial charge is 0.491 e. The minimum absolute atomic E-state index is 0.0403. The number of nitrogens with zero attached hydrogens (tertiary/aromatic N) is 1. The molecular weight excluding hydrogens is 264 g/mol. The first-order valence-corrected chi connectivity index (χ1v) is 7.09. The Hall–Kier alpha value is -2.49. The molecule has 0 aromatic heterocycles. The van der Waals surface area contributed by atoms with Crippen molar-refractivity contribution in [2.75, 3.05) is 25.4 Å². The lowest BCUT2D eigenvalue weighted by Gasteiger charge is -2.19. The van der Waals surface area contributed by atoms with E-state index in [0.29, 0.717) is 31.0 Å². The summed E-state index contributed by atoms with van der Waals surface area (Å²) >= 11 is 0. The highest BCUT2D eigenvalue weighted by Crippen LogP contribution is 2.22. The molecule has 1 aliphatic heterocycles. The molecule has 2 aromatic rings. The van der Waals surface area contributed by atoms with Gasteiger partial charge < -0.3 is 15.4 Å². The summed E-state index contributed by atoms with van der Waals surface area (Å²) in [7, 11) is 0. The van der Waals surface area contributed by atoms with E-state index in [1.807, 2.05) is 53.4 Å². The summed E-state index contributed by atoms with van der Waals surface area (Å²) in [6.07, 6.45) is 0.814. The number of nitrogen functional groups attached to an aromatic ring is 1. The number of ether oxygens (including phenoxy) is 1. The summed E-state index contributed by atoms with van der Waals surface area (Å²) < 4.78 is 5.64. The van der Waals surface area contributed by atoms with Crippen molar-refractivity contribution in [2.45, 2.75) is 6.42 Å². The summed E-state index contributed by atoms with van der Waals surface area (Å²) in [5, 5.41) is 0. The number of benzene rings is 2. The molecular formula is C17H18N2O2. The van der Waals surface area contributed by atoms with Crippen LogP contribution in [-0.4, -0.2) is 30.5 Å². The second-order valence-corrected chi connectivity index (χ2v) is 5.13. The Kier molecular flexibility index (Phi) is 3.77. The molecule has 0 aliphatic carbocycles. The SMILES string of the molecule is Nc1ccc(CCN2CCOc3ccccc3C2=O)cc1. The van der Waals surface area contributed by atoms with Gasteiger partial charge >= 0.3 is 0 Å². The predicted molar refractivity (Wildman–Crippen MR) is 82.4 cm³/mol. The maximum absolute atomic E-state index is 12.5. The fourth-order valence-electron chi connectivity index (χ4n) is 2.47. The van der Waals surface area contributed by atoms with Gasteiger partial charge in [0.15, 0.2) is 0 Å². The van der Waals surface area contributed by atoms with Gasteiger partial charge in [0.1, 0.15) is 12.4 Å². The number of carbonyl (C=O) groups excluding carboxylic acids is 1. The molecule has 1 heterocycles. The van der Waals surface area contributed by atoms with Crippen molar-refractivity contribution in [1.29, 1.82) is 0 Å². The Morgan fingerprint density at radius 3 is 2.67 bits per heavy atom. The van der Waals surface area contributed by atoms with Crippen molar-refractivity contribution >= 4 is 11.6 Å². The fourth-order valence-corrected chi connectivity index (χ4v) is 2.47. The molecule has 0 unspecified atom stereocenters. The van der Waals surface area contributed by atoms with Crippen LogP contribution in [0.15, 0.2) is 48.5 Å². The summed E-state index contributed by atoms with van der Waals surface area (Å²) in [6.45, 7) is 1.83. The predicted octanol–water partition coefficient (Wildman–Crippen LogP) is 2.35. The van der Waals surface area contributed by atoms with Gasteiger partial charge in [-0.05, 0) is 36.2 Å². The highest BCUT2D eigenvalue weighted by molar-refractivity contribution is 5.97. The van der Waals surface area contributed by atoms with Crippen LogP contribution in [0.5, 0.6) is 5.75 Å². The Bertz CT molecular complexity index is 637. The van der Waals surface area contributed by atoms with Crippen LogP contribution in [0.25, 0.3) is 0 Å². The van der Waals surface area contributed by atoms with Crippen LogP contribution >= 0.6 is 0 Å². The lowest BCUT2D eigenvalue weighted by atomic mass is 10.1. The maximum Gasteiger partial charge on any atom is 0.257 e. The first-order valence-electron chi connectivity index (χ1n) is 7.09. The average molecular weight is 282 g/mol. The molecule has 0 fully saturated rings. The van der Waals surface area contributed by atoms with E-state index in [1.165, 1.54) is 5.56 Å². The van der Waals surface area contributed by atoms with E-state index >= 15 is 0 Å². The van der Waals surface area contributed by atoms with Crippen LogP contribution < -0.4 is 10.5 Å². The third-order valence-electron chi connectivity index (χ3n) is 3.67. The smallest absolute Gasteiger partial charge is 0.257 e. The Morgan fingerprint density at radius 1 is 1.10 bits per heavy atom. The normalized spacial score (nSPS) is 14.3. The third kappa shape index (κ3) is 2.99. The van der Waals surface area contributed by atoms with Gasteiger partial charge in [0.05, 0.1) is 12.1 Å². The topological polar surface area (TPSA) is 55.6 Å². The summed E-state index contributed by atoms with van der Waals surface area (Å²) in [5.41, 5.74) is 8.26. The first kappa shape index (κ1) is 13.5. The molecule has 108 valence electrons. The highest BCUT2D eigenvalue weighted by Gasteiger charge is 2.22. The lowest BCUT2D eigenvalue weighted by Crippen LogP contribution is -2.34. The van der Waals surface area contributed by atoms with Crippen LogP contribution in [0.2, 0.25) is 0 Å². The second kappa shape index (κ2) is 5.87. The monoisotopic (exact) mass is 282 g/mol. The molecule has 1 amide bonds. The molecule has 0 radical (unpaired) electrons. The number of anilines is 1. The van der Waals surface area contributed by atoms with E-state index in [4.69, 9.17) is 10.5 Å². The van der Waals surface area contributed by atoms with Crippen molar-refractivity contribution in [3.63, 3.8) is 0 Å². The van der Waals surface area contributed by atoms with Crippen molar-refractivity contribution in [3.8, 4) is 5.75 Å². The molecule has 4 heteroatoms. The van der Waals surface area contributed by atoms with Gasteiger partial charge in [-0.3, -0.25) is 4.79 Å². The summed E-state index contributed by atoms with van der Waals surface area (Å²) in [6, 6.07) is 15.2. The Morgan fingerprint density at radius 2 is 1.86 bits per heavy atom. The standard InChI is InChI=1S/C17H18N2O2/c18-14-7-5-13(6-8-14)9-10-19-11-12-21-16-4-2-1-3-15(16)17(19)20/h1-8H,9-12,18H2. The average Bonchev–Trinajstić information content (AvgIpc) is 2.67. The van der Waals surface area contributed by atoms with E-state index in [2.05, 4.69) is 0 Å². The molecule has 0 bridgehead atoms. The van der Waals surface area contributed by atoms with Crippen LogP contribution in [-0.2, 0) is 6.42 Å². The van der Waals surface area contributed by atoms with E-state index in [9.17, 15) is 4.79 Å². The van der Waals surface area contributed by atoms with E-state index in [0.717, 1.165) is 12.1 Å². The number of hydrogen-bond acceptors (Lipinski definition) is 3. The summed E-state index contributed by atoms with van der Waals surface area (Å²) in [5.74, 6) is 0.719. The molecule has 0 spiro atoms. The molecule has 0 saturated heterocycles. The lowest BCUT2D eigenvalue weighted by molar-refractivity contribution is 0.0757. The summed E-state index contributed by atoms with van der Waals surface area (Å²) in [4.78, 5) is 14.4. The third-order valence-corrected chi connectivity index (χ3v) is 3.67. The van der Waals surface area contributed by atoms with Crippen LogP contribution in [0.4, 0.5) is 5.69 Å². The van der Waals surface area contributed by atoms with Crippen LogP contribution in [0.1, 0.15) is 15.9 Å². The molecule has 4 nitrogen and oxygen atoms in total. The minimum atomic E-state index is 0.0403. The molecule has 1 aliphatic rings. The number of nitrogens with two attached hydrogens (primary N) is 1. The molecule has 0 saturated carbocycles. The van der Waals surface area contributed by atoms with Gasteiger partial charge in [0.2, 0.25) is 0 Å². The van der Waals surface area contributed by atoms with E-state index in [-0.39, 0.29) is 5.91 Å². The number of hydrogen-bond donors (Lipinski definition) is 1. The number of para-hydroxylation sites is 1. The molecule has 2 aromatic carbocycles. The number of amides is 1. The molecule has 2 N–H and O–H groups in total. The Balaban J connectivity index is 1.71. The van der Waals surface area contributed by atoms with Crippen LogP contribution in [0.3, 0.4) is 0 Å². The van der Waals surface area contributed by atoms with Gasteiger partial charge in [0.25, 0.3) is 5.91 Å². The van der Waals surface area contributed by atoms with Crippen molar-refractivity contribution in [2.24, 2.45) is 0 Å². The fraction of sp³-hybridized carbons (Fsp3) is 0.235. The number of rotatable bonds is 3. The van der Waals surface area contributed by atoms with Crippen molar-refractivity contribution in [3.05, 3.63) is 59.7 Å². The first-order chi connectivity index (χ1) is 10.2. The van der Waals surface area contributed by atoms with Gasteiger partial charge in [0, 0.05) is 12.2 Å². The van der Waals surface area contributed by atoms with Gasteiger partial charge in [-0.25, -0.2) is 0 Å². The minimum Gasteiger partial charge on any atom is -0.491 e. The molecule has 0 atom stereocenters. The maximum atomic E-state index is 12.5. The van der Waals surface area contributed by atoms with Crippen molar-refractivity contribution < 1.29 is 9.53 Å². The van der Waals surface area contributed by atoms with Gasteiger partial charge in [-0.2, -0.15) is 0 Å². The number of carbonyl (C=O) groups is 1. The van der Waals surface area contributed by atoms with Gasteiger partial charge in [-0.1, -0.05) is 24.3 Å². The Labute approximate surface area is 124 Å². The number of fused-ring (bicyclic) bond motifs is 1. The zero-order chi connectivity index (χ0) is 14.7. The zero-order valence-corrected chi connectivity index (χ0v) is 11.8.